The van der Waals surface area contributed by atoms with Crippen LogP contribution in [0.25, 0.3) is 72.2 Å². The van der Waals surface area contributed by atoms with Crippen LogP contribution in [0, 0.1) is 88.9 Å². The number of hydrogen-bond donors (Lipinski definition) is 0. The van der Waals surface area contributed by atoms with Crippen LogP contribution < -0.4 is 4.74 Å². The smallest absolute Gasteiger partial charge is 0.416 e. The molecule has 21 rings (SSSR count). The van der Waals surface area contributed by atoms with Crippen LogP contribution in [-0.2, 0) is 44.0 Å². The molecule has 0 atom stereocenters. The topological polar surface area (TPSA) is 265 Å². The van der Waals surface area contributed by atoms with Gasteiger partial charge in [-0.15, -0.1) is 0 Å². The molecule has 7 aromatic carbocycles. The van der Waals surface area contributed by atoms with E-state index in [2.05, 4.69) is 123 Å². The Morgan fingerprint density at radius 2 is 0.713 bits per heavy atom. The summed E-state index contributed by atoms with van der Waals surface area (Å²) in [5.74, 6) is 22.2. The van der Waals surface area contributed by atoms with Gasteiger partial charge in [-0.25, -0.2) is 51.8 Å². The van der Waals surface area contributed by atoms with Crippen molar-refractivity contribution in [1.82, 2.24) is 93.6 Å². The minimum Gasteiger partial charge on any atom is -0.433 e. The van der Waals surface area contributed by atoms with Crippen molar-refractivity contribution in [2.24, 2.45) is 0 Å². The zero-order valence-corrected chi connectivity index (χ0v) is 73.2. The Balaban J connectivity index is 0.000000121. The average Bonchev–Trinajstić information content (AvgIpc) is 1.64. The van der Waals surface area contributed by atoms with Crippen molar-refractivity contribution >= 4 is 66.5 Å². The van der Waals surface area contributed by atoms with Crippen LogP contribution in [0.2, 0.25) is 0 Å². The van der Waals surface area contributed by atoms with Crippen molar-refractivity contribution in [2.75, 3.05) is 0 Å². The quantitative estimate of drug-likeness (QED) is 0.0812. The molecular formula is C102H71F10N19O5. The van der Waals surface area contributed by atoms with Gasteiger partial charge in [0, 0.05) is 116 Å². The van der Waals surface area contributed by atoms with Crippen LogP contribution in [0.3, 0.4) is 0 Å². The van der Waals surface area contributed by atoms with Crippen LogP contribution in [0.4, 0.5) is 43.9 Å². The lowest BCUT2D eigenvalue weighted by Crippen LogP contribution is -2.19. The Morgan fingerprint density at radius 1 is 0.346 bits per heavy atom. The Bertz CT molecular complexity index is 8460. The van der Waals surface area contributed by atoms with E-state index in [-0.39, 0.29) is 24.2 Å². The number of pyridine rings is 1. The van der Waals surface area contributed by atoms with Gasteiger partial charge in [-0.1, -0.05) is 92.3 Å². The van der Waals surface area contributed by atoms with Crippen LogP contribution in [0.1, 0.15) is 154 Å². The molecule has 674 valence electrons. The van der Waals surface area contributed by atoms with Gasteiger partial charge in [0.1, 0.15) is 28.5 Å². The molecule has 0 saturated heterocycles. The highest BCUT2D eigenvalue weighted by Gasteiger charge is 2.34. The first kappa shape index (κ1) is 89.2. The monoisotopic (exact) mass is 1830 g/mol. The molecule has 24 nitrogen and oxygen atoms in total. The third kappa shape index (κ3) is 19.5. The summed E-state index contributed by atoms with van der Waals surface area (Å²) in [4.78, 5) is 25.3. The summed E-state index contributed by atoms with van der Waals surface area (Å²) in [7, 11) is 0. The fraction of sp³-hybridized carbons (Fsp3) is 0.157. The molecule has 21 aromatic rings. The molecule has 136 heavy (non-hydrogen) atoms. The number of benzene rings is 7. The van der Waals surface area contributed by atoms with Gasteiger partial charge in [-0.3, -0.25) is 4.98 Å². The summed E-state index contributed by atoms with van der Waals surface area (Å²) in [5, 5.41) is 36.9. The Kier molecular flexibility index (Phi) is 24.1. The van der Waals surface area contributed by atoms with Crippen molar-refractivity contribution in [3.05, 3.63) is 379 Å². The molecule has 14 aromatic heterocycles. The zero-order valence-electron chi connectivity index (χ0n) is 73.2. The second-order valence-corrected chi connectivity index (χ2v) is 32.0. The van der Waals surface area contributed by atoms with Crippen molar-refractivity contribution in [1.29, 1.82) is 0 Å². The van der Waals surface area contributed by atoms with E-state index in [1.807, 2.05) is 119 Å². The van der Waals surface area contributed by atoms with Gasteiger partial charge in [0.15, 0.2) is 44.9 Å². The van der Waals surface area contributed by atoms with Crippen molar-refractivity contribution in [3.63, 3.8) is 0 Å². The number of hydrogen-bond acceptors (Lipinski definition) is 19. The molecular weight excluding hydrogens is 1760 g/mol. The normalized spacial score (nSPS) is 11.6. The summed E-state index contributed by atoms with van der Waals surface area (Å²) < 4.78 is 170. The standard InChI is InChI=1S/C28H19F3N6O.C25H17F3N4O.C25H18F2N4O2.C24H17F2N5O/c1-17-5-7-24-25(12-19-10-20(28(29,30)31)13-22(11-19)36-15-18(2)33-16-36)35-38-27(24)23(17)8-6-21-14-32-26-4-3-9-34-37(21)26;1-15-10-17(12-18(11-15)25(26,27)28)13-22-21-7-5-16(2)20(24(21)33-31-22)8-6-19-14-29-23-4-3-9-30-32(19)23;1-16-8-10-21-22(14-17-5-3-6-19(13-17)32-25(2,26)27)30-33-24(21)20(16)11-9-18-15-28-23-7-4-12-29-31(18)23;1-15-5-7-20-21(11-16-10-17(13-27-12-16)24(2,25)26)30-32-23(20)19(15)8-6-18-14-28-22-4-3-9-29-31(18)22/h3-5,7,9-11,13-16H,12H2,1-2H3;3-5,7,9-12,14H,13H2,1-2H3;3-8,10,12-13,15H,14H2,1-2H3;3-5,7,9-10,12-14H,11H2,1-2H3. The second-order valence-electron chi connectivity index (χ2n) is 32.0. The van der Waals surface area contributed by atoms with E-state index in [9.17, 15) is 43.9 Å². The maximum atomic E-state index is 13.7. The molecule has 0 unspecified atom stereocenters. The number of nitrogens with zero attached hydrogens (tertiary/aromatic N) is 19. The summed E-state index contributed by atoms with van der Waals surface area (Å²) in [5.41, 5.74) is 18.7. The summed E-state index contributed by atoms with van der Waals surface area (Å²) in [6.07, 6.45) is 8.11. The first-order chi connectivity index (χ1) is 65.3. The van der Waals surface area contributed by atoms with Gasteiger partial charge in [0.05, 0.1) is 93.0 Å². The fourth-order valence-electron chi connectivity index (χ4n) is 15.2. The van der Waals surface area contributed by atoms with Crippen molar-refractivity contribution in [3.8, 4) is 58.8 Å². The van der Waals surface area contributed by atoms with Gasteiger partial charge in [0.25, 0.3) is 5.92 Å². The molecule has 34 heteroatoms. The summed E-state index contributed by atoms with van der Waals surface area (Å²) >= 11 is 0. The summed E-state index contributed by atoms with van der Waals surface area (Å²) in [6.45, 7) is 12.7. The van der Waals surface area contributed by atoms with Crippen LogP contribution in [0.15, 0.2) is 256 Å². The van der Waals surface area contributed by atoms with Gasteiger partial charge >= 0.3 is 18.5 Å². The summed E-state index contributed by atoms with van der Waals surface area (Å²) in [6, 6.07) is 45.8. The van der Waals surface area contributed by atoms with Crippen molar-refractivity contribution < 1.29 is 66.7 Å². The highest BCUT2D eigenvalue weighted by Crippen LogP contribution is 2.38. The molecule has 0 aliphatic carbocycles. The molecule has 0 aliphatic heterocycles. The number of fused-ring (bicyclic) bond motifs is 8. The zero-order chi connectivity index (χ0) is 94.9. The third-order valence-corrected chi connectivity index (χ3v) is 21.8. The molecule has 0 bridgehead atoms. The number of imidazole rings is 5. The Hall–Kier alpha value is -17.4. The Labute approximate surface area is 765 Å². The van der Waals surface area contributed by atoms with E-state index < -0.39 is 35.5 Å². The van der Waals surface area contributed by atoms with E-state index in [0.29, 0.717) is 166 Å². The first-order valence-electron chi connectivity index (χ1n) is 42.0. The highest BCUT2D eigenvalue weighted by atomic mass is 19.4. The van der Waals surface area contributed by atoms with Gasteiger partial charge in [0.2, 0.25) is 0 Å². The lowest BCUT2D eigenvalue weighted by molar-refractivity contribution is -0.159. The van der Waals surface area contributed by atoms with Crippen LogP contribution in [0.5, 0.6) is 5.75 Å². The highest BCUT2D eigenvalue weighted by molar-refractivity contribution is 5.90. The first-order valence-corrected chi connectivity index (χ1v) is 42.0. The third-order valence-electron chi connectivity index (χ3n) is 21.8. The molecule has 0 radical (unpaired) electrons. The molecule has 0 amide bonds. The van der Waals surface area contributed by atoms with Crippen LogP contribution in [-0.4, -0.2) is 99.7 Å². The van der Waals surface area contributed by atoms with E-state index >= 15 is 0 Å². The SMILES string of the molecule is Cc1cc(Cc2noc3c(C#Cc4cnc5cccnn45)c(C)ccc23)cc(C(F)(F)F)c1.Cc1ccc2c(Cc3cccc(OC(C)(F)F)c3)noc2c1C#Cc1cnc2cccnn12.Cc1ccc2c(Cc3cncc(C(C)(F)F)c3)noc2c1C#Cc1cnc2cccnn12.Cc1cn(-c2cc(Cc3noc4c(C#Cc5cnc6cccnn56)c(C)ccc34)cc(C(F)(F)F)c2)cn1. The number of alkyl halides is 10. The molecule has 0 saturated carbocycles. The van der Waals surface area contributed by atoms with E-state index in [1.165, 1.54) is 24.7 Å². The Morgan fingerprint density at radius 3 is 1.08 bits per heavy atom. The lowest BCUT2D eigenvalue weighted by Gasteiger charge is -2.13. The number of halogens is 10. The molecule has 0 N–H and O–H groups in total. The van der Waals surface area contributed by atoms with Gasteiger partial charge in [-0.05, 0) is 231 Å². The predicted molar refractivity (Wildman–Crippen MR) is 483 cm³/mol. The fourth-order valence-corrected chi connectivity index (χ4v) is 15.2. The molecule has 0 aliphatic rings. The average molecular weight is 1830 g/mol. The minimum absolute atomic E-state index is 0.0943. The molecule has 0 fully saturated rings. The van der Waals surface area contributed by atoms with E-state index in [0.717, 1.165) is 80.7 Å². The lowest BCUT2D eigenvalue weighted by atomic mass is 9.99. The van der Waals surface area contributed by atoms with E-state index in [4.69, 9.17) is 18.1 Å². The van der Waals surface area contributed by atoms with Crippen LogP contribution >= 0.6 is 0 Å². The largest absolute Gasteiger partial charge is 0.433 e. The number of aromatic nitrogens is 19. The maximum Gasteiger partial charge on any atom is 0.416 e. The number of rotatable bonds is 12. The number of ether oxygens (including phenoxy) is 1. The molecule has 0 spiro atoms. The van der Waals surface area contributed by atoms with Gasteiger partial charge < -0.3 is 27.4 Å². The minimum atomic E-state index is -4.50. The van der Waals surface area contributed by atoms with Gasteiger partial charge in [-0.2, -0.15) is 55.5 Å². The predicted octanol–water partition coefficient (Wildman–Crippen LogP) is 21.0. The number of aryl methyl sites for hydroxylation is 6. The van der Waals surface area contributed by atoms with Crippen molar-refractivity contribution in [2.45, 2.75) is 105 Å². The molecule has 14 heterocycles. The second kappa shape index (κ2) is 36.7. The maximum absolute atomic E-state index is 13.7. The van der Waals surface area contributed by atoms with E-state index in [1.54, 1.807) is 135 Å².